The fraction of sp³-hybridized carbons (Fsp3) is 0.250. The molecule has 0 unspecified atom stereocenters. The maximum Gasteiger partial charge on any atom is 0.193 e. The number of carbonyl (C=O) groups excluding carboxylic acids is 1. The summed E-state index contributed by atoms with van der Waals surface area (Å²) >= 11 is 0. The first-order chi connectivity index (χ1) is 8.86. The Bertz CT molecular complexity index is 558. The third kappa shape index (κ3) is 1.94. The molecule has 3 rings (SSSR count). The van der Waals surface area contributed by atoms with Crippen molar-refractivity contribution in [3.63, 3.8) is 0 Å². The first-order valence-electron chi connectivity index (χ1n) is 6.40. The standard InChI is InChI=1S/C16H15NO/c18-16(13-8-10-17-11-9-13)15-7-2-1-6-14(15)12-4-3-5-12/h1-2,6-12H,3-5H2. The SMILES string of the molecule is O=C(c1ccncc1)c1ccccc1C1CCC1. The molecule has 0 bridgehead atoms. The van der Waals surface area contributed by atoms with Gasteiger partial charge in [0.05, 0.1) is 0 Å². The lowest BCUT2D eigenvalue weighted by Crippen LogP contribution is -2.14. The molecule has 90 valence electrons. The van der Waals surface area contributed by atoms with Crippen LogP contribution in [-0.2, 0) is 0 Å². The lowest BCUT2D eigenvalue weighted by molar-refractivity contribution is 0.103. The Kier molecular flexibility index (Phi) is 2.93. The van der Waals surface area contributed by atoms with Crippen LogP contribution in [0.5, 0.6) is 0 Å². The van der Waals surface area contributed by atoms with Gasteiger partial charge < -0.3 is 0 Å². The molecule has 0 spiro atoms. The van der Waals surface area contributed by atoms with Gasteiger partial charge in [-0.2, -0.15) is 0 Å². The van der Waals surface area contributed by atoms with Crippen LogP contribution in [0.25, 0.3) is 0 Å². The van der Waals surface area contributed by atoms with Crippen LogP contribution in [0.3, 0.4) is 0 Å². The number of ketones is 1. The largest absolute Gasteiger partial charge is 0.289 e. The quantitative estimate of drug-likeness (QED) is 0.764. The third-order valence-corrected chi connectivity index (χ3v) is 3.69. The van der Waals surface area contributed by atoms with E-state index in [0.29, 0.717) is 5.92 Å². The first kappa shape index (κ1) is 11.1. The van der Waals surface area contributed by atoms with Gasteiger partial charge in [0.15, 0.2) is 5.78 Å². The number of benzene rings is 1. The van der Waals surface area contributed by atoms with Crippen molar-refractivity contribution >= 4 is 5.78 Å². The van der Waals surface area contributed by atoms with Crippen LogP contribution in [0.1, 0.15) is 46.7 Å². The zero-order valence-corrected chi connectivity index (χ0v) is 10.2. The molecule has 0 aliphatic heterocycles. The van der Waals surface area contributed by atoms with E-state index in [2.05, 4.69) is 11.1 Å². The zero-order chi connectivity index (χ0) is 12.4. The molecule has 1 aromatic carbocycles. The summed E-state index contributed by atoms with van der Waals surface area (Å²) in [5.41, 5.74) is 2.79. The molecule has 0 amide bonds. The molecule has 1 aliphatic rings. The number of rotatable bonds is 3. The fourth-order valence-electron chi connectivity index (χ4n) is 2.44. The van der Waals surface area contributed by atoms with Gasteiger partial charge in [-0.3, -0.25) is 9.78 Å². The van der Waals surface area contributed by atoms with Crippen LogP contribution in [0.15, 0.2) is 48.8 Å². The van der Waals surface area contributed by atoms with E-state index in [1.165, 1.54) is 24.8 Å². The van der Waals surface area contributed by atoms with Crippen molar-refractivity contribution in [1.29, 1.82) is 0 Å². The van der Waals surface area contributed by atoms with E-state index in [9.17, 15) is 4.79 Å². The van der Waals surface area contributed by atoms with Crippen molar-refractivity contribution in [2.24, 2.45) is 0 Å². The van der Waals surface area contributed by atoms with E-state index in [1.807, 2.05) is 18.2 Å². The number of hydrogen-bond acceptors (Lipinski definition) is 2. The Balaban J connectivity index is 1.99. The van der Waals surface area contributed by atoms with E-state index in [4.69, 9.17) is 0 Å². The Hall–Kier alpha value is -1.96. The summed E-state index contributed by atoms with van der Waals surface area (Å²) in [4.78, 5) is 16.4. The summed E-state index contributed by atoms with van der Waals surface area (Å²) in [6, 6.07) is 11.6. The minimum Gasteiger partial charge on any atom is -0.289 e. The minimum absolute atomic E-state index is 0.111. The summed E-state index contributed by atoms with van der Waals surface area (Å²) in [7, 11) is 0. The van der Waals surface area contributed by atoms with E-state index < -0.39 is 0 Å². The second-order valence-electron chi connectivity index (χ2n) is 4.78. The number of hydrogen-bond donors (Lipinski definition) is 0. The highest BCUT2D eigenvalue weighted by Crippen LogP contribution is 2.38. The van der Waals surface area contributed by atoms with Crippen molar-refractivity contribution in [1.82, 2.24) is 4.98 Å². The van der Waals surface area contributed by atoms with Gasteiger partial charge in [0.2, 0.25) is 0 Å². The molecule has 1 aromatic heterocycles. The van der Waals surface area contributed by atoms with Gasteiger partial charge in [0.25, 0.3) is 0 Å². The molecule has 2 nitrogen and oxygen atoms in total. The molecule has 2 aromatic rings. The van der Waals surface area contributed by atoms with Crippen molar-refractivity contribution in [2.45, 2.75) is 25.2 Å². The average molecular weight is 237 g/mol. The highest BCUT2D eigenvalue weighted by Gasteiger charge is 2.24. The molecule has 1 heterocycles. The van der Waals surface area contributed by atoms with Crippen molar-refractivity contribution in [3.05, 3.63) is 65.5 Å². The van der Waals surface area contributed by atoms with E-state index in [1.54, 1.807) is 24.5 Å². The summed E-state index contributed by atoms with van der Waals surface area (Å²) in [5.74, 6) is 0.687. The summed E-state index contributed by atoms with van der Waals surface area (Å²) in [5, 5.41) is 0. The normalized spacial score (nSPS) is 15.1. The predicted octanol–water partition coefficient (Wildman–Crippen LogP) is 3.58. The van der Waals surface area contributed by atoms with Gasteiger partial charge in [-0.05, 0) is 36.5 Å². The van der Waals surface area contributed by atoms with Crippen LogP contribution < -0.4 is 0 Å². The average Bonchev–Trinajstić information content (AvgIpc) is 2.38. The maximum absolute atomic E-state index is 12.5. The molecule has 18 heavy (non-hydrogen) atoms. The highest BCUT2D eigenvalue weighted by molar-refractivity contribution is 6.09. The summed E-state index contributed by atoms with van der Waals surface area (Å²) in [6.07, 6.45) is 7.03. The Labute approximate surface area is 107 Å². The van der Waals surface area contributed by atoms with Crippen LogP contribution in [0.2, 0.25) is 0 Å². The van der Waals surface area contributed by atoms with Gasteiger partial charge in [0, 0.05) is 23.5 Å². The van der Waals surface area contributed by atoms with Crippen LogP contribution >= 0.6 is 0 Å². The van der Waals surface area contributed by atoms with Gasteiger partial charge in [0.1, 0.15) is 0 Å². The number of nitrogens with zero attached hydrogens (tertiary/aromatic N) is 1. The molecular formula is C16H15NO. The maximum atomic E-state index is 12.5. The topological polar surface area (TPSA) is 30.0 Å². The Morgan fingerprint density at radius 2 is 1.78 bits per heavy atom. The van der Waals surface area contributed by atoms with Gasteiger partial charge in [-0.15, -0.1) is 0 Å². The van der Waals surface area contributed by atoms with E-state index in [-0.39, 0.29) is 5.78 Å². The summed E-state index contributed by atoms with van der Waals surface area (Å²) in [6.45, 7) is 0. The molecule has 0 saturated heterocycles. The summed E-state index contributed by atoms with van der Waals surface area (Å²) < 4.78 is 0. The smallest absolute Gasteiger partial charge is 0.193 e. The van der Waals surface area contributed by atoms with E-state index >= 15 is 0 Å². The molecule has 1 fully saturated rings. The molecule has 1 saturated carbocycles. The third-order valence-electron chi connectivity index (χ3n) is 3.69. The van der Waals surface area contributed by atoms with Gasteiger partial charge in [-0.1, -0.05) is 30.7 Å². The molecule has 0 atom stereocenters. The number of aromatic nitrogens is 1. The Morgan fingerprint density at radius 1 is 1.06 bits per heavy atom. The number of pyridine rings is 1. The van der Waals surface area contributed by atoms with Crippen LogP contribution in [0, 0.1) is 0 Å². The Morgan fingerprint density at radius 3 is 2.44 bits per heavy atom. The minimum atomic E-state index is 0.111. The van der Waals surface area contributed by atoms with Gasteiger partial charge in [-0.25, -0.2) is 0 Å². The fourth-order valence-corrected chi connectivity index (χ4v) is 2.44. The van der Waals surface area contributed by atoms with Crippen LogP contribution in [0.4, 0.5) is 0 Å². The highest BCUT2D eigenvalue weighted by atomic mass is 16.1. The van der Waals surface area contributed by atoms with Crippen LogP contribution in [-0.4, -0.2) is 10.8 Å². The second-order valence-corrected chi connectivity index (χ2v) is 4.78. The predicted molar refractivity (Wildman–Crippen MR) is 70.7 cm³/mol. The molecule has 0 radical (unpaired) electrons. The zero-order valence-electron chi connectivity index (χ0n) is 10.2. The van der Waals surface area contributed by atoms with Gasteiger partial charge >= 0.3 is 0 Å². The van der Waals surface area contributed by atoms with E-state index in [0.717, 1.165) is 11.1 Å². The lowest BCUT2D eigenvalue weighted by atomic mass is 9.77. The molecular weight excluding hydrogens is 222 g/mol. The van der Waals surface area contributed by atoms with Crippen molar-refractivity contribution < 1.29 is 4.79 Å². The first-order valence-corrected chi connectivity index (χ1v) is 6.40. The van der Waals surface area contributed by atoms with Crippen molar-refractivity contribution in [2.75, 3.05) is 0 Å². The second kappa shape index (κ2) is 4.73. The molecule has 0 N–H and O–H groups in total. The molecule has 1 aliphatic carbocycles. The van der Waals surface area contributed by atoms with Crippen molar-refractivity contribution in [3.8, 4) is 0 Å². The lowest BCUT2D eigenvalue weighted by Gasteiger charge is -2.27. The molecule has 2 heteroatoms. The monoisotopic (exact) mass is 237 g/mol. The number of carbonyl (C=O) groups is 1.